The molecule has 32 heavy (non-hydrogen) atoms. The predicted molar refractivity (Wildman–Crippen MR) is 133 cm³/mol. The van der Waals surface area contributed by atoms with Crippen LogP contribution in [0.3, 0.4) is 0 Å². The molecule has 0 saturated carbocycles. The van der Waals surface area contributed by atoms with Crippen LogP contribution in [0.4, 0.5) is 0 Å². The molecule has 0 saturated heterocycles. The van der Waals surface area contributed by atoms with E-state index >= 15 is 0 Å². The van der Waals surface area contributed by atoms with Gasteiger partial charge in [0, 0.05) is 41.6 Å². The highest BCUT2D eigenvalue weighted by Gasteiger charge is 2.11. The predicted octanol–water partition coefficient (Wildman–Crippen LogP) is 6.25. The van der Waals surface area contributed by atoms with Crippen molar-refractivity contribution in [1.82, 2.24) is 9.88 Å². The number of hydrogen-bond acceptors (Lipinski definition) is 1. The molecule has 0 fully saturated rings. The molecule has 0 aliphatic heterocycles. The second-order valence-electron chi connectivity index (χ2n) is 8.46. The van der Waals surface area contributed by atoms with Gasteiger partial charge in [0.25, 0.3) is 0 Å². The molecule has 3 nitrogen and oxygen atoms in total. The fourth-order valence-corrected chi connectivity index (χ4v) is 4.27. The van der Waals surface area contributed by atoms with Crippen LogP contribution >= 0.6 is 11.6 Å². The average Bonchev–Trinajstić information content (AvgIpc) is 3.14. The molecule has 1 amide bonds. The molecule has 0 spiro atoms. The first-order chi connectivity index (χ1) is 15.5. The van der Waals surface area contributed by atoms with Crippen molar-refractivity contribution in [3.63, 3.8) is 0 Å². The lowest BCUT2D eigenvalue weighted by Gasteiger charge is -2.10. The molecular weight excluding hydrogens is 416 g/mol. The Bertz CT molecular complexity index is 1220. The smallest absolute Gasteiger partial charge is 0.220 e. The number of benzene rings is 3. The van der Waals surface area contributed by atoms with Gasteiger partial charge in [-0.3, -0.25) is 4.79 Å². The molecule has 1 aromatic heterocycles. The number of halogens is 1. The van der Waals surface area contributed by atoms with Gasteiger partial charge in [-0.1, -0.05) is 65.7 Å². The fraction of sp³-hybridized carbons (Fsp3) is 0.250. The summed E-state index contributed by atoms with van der Waals surface area (Å²) in [6.45, 7) is 5.76. The van der Waals surface area contributed by atoms with Crippen LogP contribution in [0.25, 0.3) is 10.9 Å². The van der Waals surface area contributed by atoms with Gasteiger partial charge < -0.3 is 9.88 Å². The molecular formula is C28H29ClN2O. The molecule has 0 radical (unpaired) electrons. The summed E-state index contributed by atoms with van der Waals surface area (Å²) in [4.78, 5) is 12.4. The maximum Gasteiger partial charge on any atom is 0.220 e. The summed E-state index contributed by atoms with van der Waals surface area (Å²) >= 11 is 5.93. The molecule has 0 aliphatic carbocycles. The van der Waals surface area contributed by atoms with Crippen LogP contribution in [0.5, 0.6) is 0 Å². The number of hydrogen-bond donors (Lipinski definition) is 1. The van der Waals surface area contributed by atoms with Gasteiger partial charge in [-0.05, 0) is 67.1 Å². The van der Waals surface area contributed by atoms with Crippen molar-refractivity contribution in [3.8, 4) is 0 Å². The largest absolute Gasteiger partial charge is 0.356 e. The molecule has 3 aromatic carbocycles. The lowest BCUT2D eigenvalue weighted by Crippen LogP contribution is -2.25. The van der Waals surface area contributed by atoms with Gasteiger partial charge in [0.1, 0.15) is 0 Å². The summed E-state index contributed by atoms with van der Waals surface area (Å²) in [6, 6.07) is 22.8. The molecule has 0 bridgehead atoms. The van der Waals surface area contributed by atoms with Crippen LogP contribution in [-0.4, -0.2) is 17.0 Å². The summed E-state index contributed by atoms with van der Waals surface area (Å²) in [7, 11) is 0. The van der Waals surface area contributed by atoms with E-state index in [-0.39, 0.29) is 5.91 Å². The summed E-state index contributed by atoms with van der Waals surface area (Å²) in [6.07, 6.45) is 4.23. The maximum absolute atomic E-state index is 12.4. The number of nitrogens with one attached hydrogen (secondary N) is 1. The summed E-state index contributed by atoms with van der Waals surface area (Å²) < 4.78 is 2.31. The standard InChI is InChI=1S/C28H29ClN2O/c1-20-7-8-21(2)24(17-20)19-31-18-23(26-5-3-4-6-27(26)31)11-14-28(32)30-16-15-22-9-12-25(29)13-10-22/h3-10,12-13,17-18H,11,14-16,19H2,1-2H3,(H,30,32). The van der Waals surface area contributed by atoms with Crippen molar-refractivity contribution in [2.24, 2.45) is 0 Å². The molecule has 4 heteroatoms. The molecule has 1 heterocycles. The summed E-state index contributed by atoms with van der Waals surface area (Å²) in [5.41, 5.74) is 7.51. The van der Waals surface area contributed by atoms with E-state index in [9.17, 15) is 4.79 Å². The first-order valence-electron chi connectivity index (χ1n) is 11.1. The van der Waals surface area contributed by atoms with Crippen LogP contribution in [0.1, 0.15) is 34.2 Å². The minimum absolute atomic E-state index is 0.0883. The molecule has 0 aliphatic rings. The Kier molecular flexibility index (Phi) is 6.96. The van der Waals surface area contributed by atoms with Crippen molar-refractivity contribution in [2.75, 3.05) is 6.54 Å². The summed E-state index contributed by atoms with van der Waals surface area (Å²) in [5.74, 6) is 0.0883. The Hall–Kier alpha value is -3.04. The van der Waals surface area contributed by atoms with Gasteiger partial charge in [-0.2, -0.15) is 0 Å². The number of amides is 1. The SMILES string of the molecule is Cc1ccc(C)c(Cn2cc(CCC(=O)NCCc3ccc(Cl)cc3)c3ccccc32)c1. The zero-order chi connectivity index (χ0) is 22.5. The van der Waals surface area contributed by atoms with Gasteiger partial charge in [0.05, 0.1) is 0 Å². The number of aryl methyl sites for hydroxylation is 3. The fourth-order valence-electron chi connectivity index (χ4n) is 4.14. The molecule has 164 valence electrons. The molecule has 0 atom stereocenters. The zero-order valence-electron chi connectivity index (χ0n) is 18.7. The minimum atomic E-state index is 0.0883. The maximum atomic E-state index is 12.4. The highest BCUT2D eigenvalue weighted by atomic mass is 35.5. The van der Waals surface area contributed by atoms with Crippen LogP contribution in [0.15, 0.2) is 72.9 Å². The van der Waals surface area contributed by atoms with Gasteiger partial charge in [-0.15, -0.1) is 0 Å². The number of fused-ring (bicyclic) bond motifs is 1. The van der Waals surface area contributed by atoms with Gasteiger partial charge >= 0.3 is 0 Å². The third kappa shape index (κ3) is 5.41. The lowest BCUT2D eigenvalue weighted by atomic mass is 10.1. The van der Waals surface area contributed by atoms with E-state index in [1.165, 1.54) is 38.7 Å². The highest BCUT2D eigenvalue weighted by molar-refractivity contribution is 6.30. The van der Waals surface area contributed by atoms with E-state index in [4.69, 9.17) is 11.6 Å². The second-order valence-corrected chi connectivity index (χ2v) is 8.89. The quantitative estimate of drug-likeness (QED) is 0.342. The molecule has 1 N–H and O–H groups in total. The van der Waals surface area contributed by atoms with Crippen LogP contribution in [-0.2, 0) is 24.2 Å². The number of rotatable bonds is 8. The normalized spacial score (nSPS) is 11.1. The Morgan fingerprint density at radius 2 is 1.72 bits per heavy atom. The topological polar surface area (TPSA) is 34.0 Å². The number of aromatic nitrogens is 1. The Balaban J connectivity index is 1.40. The highest BCUT2D eigenvalue weighted by Crippen LogP contribution is 2.24. The number of carbonyl (C=O) groups excluding carboxylic acids is 1. The van der Waals surface area contributed by atoms with E-state index in [0.29, 0.717) is 13.0 Å². The number of para-hydroxylation sites is 1. The Morgan fingerprint density at radius 3 is 2.53 bits per heavy atom. The van der Waals surface area contributed by atoms with Crippen LogP contribution < -0.4 is 5.32 Å². The van der Waals surface area contributed by atoms with Gasteiger partial charge in [0.2, 0.25) is 5.91 Å². The second kappa shape index (κ2) is 10.1. The zero-order valence-corrected chi connectivity index (χ0v) is 19.5. The monoisotopic (exact) mass is 444 g/mol. The van der Waals surface area contributed by atoms with Crippen molar-refractivity contribution in [2.45, 2.75) is 39.7 Å². The third-order valence-corrected chi connectivity index (χ3v) is 6.24. The van der Waals surface area contributed by atoms with E-state index < -0.39 is 0 Å². The lowest BCUT2D eigenvalue weighted by molar-refractivity contribution is -0.121. The average molecular weight is 445 g/mol. The number of carbonyl (C=O) groups is 1. The first-order valence-corrected chi connectivity index (χ1v) is 11.5. The number of nitrogens with zero attached hydrogens (tertiary/aromatic N) is 1. The van der Waals surface area contributed by atoms with Crippen molar-refractivity contribution < 1.29 is 4.79 Å². The van der Waals surface area contributed by atoms with Gasteiger partial charge in [-0.25, -0.2) is 0 Å². The third-order valence-electron chi connectivity index (χ3n) is 5.99. The molecule has 0 unspecified atom stereocenters. The molecule has 4 rings (SSSR count). The minimum Gasteiger partial charge on any atom is -0.356 e. The Morgan fingerprint density at radius 1 is 0.938 bits per heavy atom. The van der Waals surface area contributed by atoms with Crippen molar-refractivity contribution in [1.29, 1.82) is 0 Å². The van der Waals surface area contributed by atoms with E-state index in [2.05, 4.69) is 72.4 Å². The van der Waals surface area contributed by atoms with E-state index in [0.717, 1.165) is 24.4 Å². The van der Waals surface area contributed by atoms with Crippen LogP contribution in [0.2, 0.25) is 5.02 Å². The van der Waals surface area contributed by atoms with E-state index in [1.807, 2.05) is 24.3 Å². The van der Waals surface area contributed by atoms with Crippen LogP contribution in [0, 0.1) is 13.8 Å². The summed E-state index contributed by atoms with van der Waals surface area (Å²) in [5, 5.41) is 5.01. The first kappa shape index (κ1) is 22.2. The van der Waals surface area contributed by atoms with E-state index in [1.54, 1.807) is 0 Å². The Labute approximate surface area is 195 Å². The molecule has 4 aromatic rings. The van der Waals surface area contributed by atoms with Gasteiger partial charge in [0.15, 0.2) is 0 Å². The van der Waals surface area contributed by atoms with Crippen molar-refractivity contribution >= 4 is 28.4 Å². The van der Waals surface area contributed by atoms with Crippen molar-refractivity contribution in [3.05, 3.63) is 106 Å².